The maximum absolute atomic E-state index is 12.8. The number of likely N-dealkylation sites (tertiary alicyclic amines) is 1. The minimum absolute atomic E-state index is 0.0125. The van der Waals surface area contributed by atoms with E-state index >= 15 is 0 Å². The third-order valence-electron chi connectivity index (χ3n) is 4.13. The molecule has 2 rings (SSSR count). The number of amides is 1. The molecule has 1 saturated heterocycles. The molecule has 1 aromatic rings. The van der Waals surface area contributed by atoms with E-state index in [2.05, 4.69) is 18.8 Å². The SMILES string of the molecule is Cc1ccc(C#CCN)cc1C(=O)N1CCC(C)C1CO. The first-order valence-corrected chi connectivity index (χ1v) is 7.30. The molecular formula is C17H22N2O2. The van der Waals surface area contributed by atoms with Crippen molar-refractivity contribution in [3.05, 3.63) is 34.9 Å². The Hall–Kier alpha value is -1.83. The van der Waals surface area contributed by atoms with Gasteiger partial charge in [0.2, 0.25) is 0 Å². The lowest BCUT2D eigenvalue weighted by Gasteiger charge is -2.26. The number of aliphatic hydroxyl groups excluding tert-OH is 1. The van der Waals surface area contributed by atoms with Crippen LogP contribution in [0.1, 0.15) is 34.8 Å². The number of rotatable bonds is 2. The van der Waals surface area contributed by atoms with E-state index in [1.807, 2.05) is 25.1 Å². The molecule has 1 aliphatic heterocycles. The largest absolute Gasteiger partial charge is 0.394 e. The van der Waals surface area contributed by atoms with Gasteiger partial charge >= 0.3 is 0 Å². The highest BCUT2D eigenvalue weighted by Crippen LogP contribution is 2.26. The summed E-state index contributed by atoms with van der Waals surface area (Å²) in [7, 11) is 0. The van der Waals surface area contributed by atoms with Crippen LogP contribution in [-0.4, -0.2) is 41.7 Å². The van der Waals surface area contributed by atoms with Crippen molar-refractivity contribution in [2.45, 2.75) is 26.3 Å². The van der Waals surface area contributed by atoms with Gasteiger partial charge in [-0.1, -0.05) is 24.8 Å². The van der Waals surface area contributed by atoms with Crippen LogP contribution in [0.25, 0.3) is 0 Å². The molecule has 1 aromatic carbocycles. The Labute approximate surface area is 125 Å². The third kappa shape index (κ3) is 3.26. The minimum atomic E-state index is -0.0873. The molecule has 21 heavy (non-hydrogen) atoms. The monoisotopic (exact) mass is 286 g/mol. The average Bonchev–Trinajstić information content (AvgIpc) is 2.86. The highest BCUT2D eigenvalue weighted by Gasteiger charge is 2.34. The molecule has 1 heterocycles. The summed E-state index contributed by atoms with van der Waals surface area (Å²) in [5.41, 5.74) is 7.76. The van der Waals surface area contributed by atoms with Crippen LogP contribution in [0, 0.1) is 24.7 Å². The van der Waals surface area contributed by atoms with Crippen molar-refractivity contribution in [3.8, 4) is 11.8 Å². The number of benzene rings is 1. The number of carbonyl (C=O) groups is 1. The molecule has 4 heteroatoms. The molecule has 0 aromatic heterocycles. The Morgan fingerprint density at radius 2 is 2.29 bits per heavy atom. The van der Waals surface area contributed by atoms with Crippen molar-refractivity contribution in [1.29, 1.82) is 0 Å². The number of nitrogens with two attached hydrogens (primary N) is 1. The van der Waals surface area contributed by atoms with Crippen molar-refractivity contribution >= 4 is 5.91 Å². The number of nitrogens with zero attached hydrogens (tertiary/aromatic N) is 1. The van der Waals surface area contributed by atoms with Crippen LogP contribution in [0.3, 0.4) is 0 Å². The Morgan fingerprint density at radius 1 is 1.52 bits per heavy atom. The van der Waals surface area contributed by atoms with E-state index in [0.717, 1.165) is 17.5 Å². The van der Waals surface area contributed by atoms with Crippen LogP contribution < -0.4 is 5.73 Å². The fourth-order valence-corrected chi connectivity index (χ4v) is 2.78. The van der Waals surface area contributed by atoms with E-state index < -0.39 is 0 Å². The first-order chi connectivity index (χ1) is 10.1. The Kier molecular flexibility index (Phi) is 5.00. The second kappa shape index (κ2) is 6.75. The van der Waals surface area contributed by atoms with Gasteiger partial charge in [0, 0.05) is 17.7 Å². The molecule has 2 unspecified atom stereocenters. The van der Waals surface area contributed by atoms with Crippen LogP contribution in [0.15, 0.2) is 18.2 Å². The molecule has 2 atom stereocenters. The van der Waals surface area contributed by atoms with Crippen molar-refractivity contribution in [1.82, 2.24) is 4.90 Å². The topological polar surface area (TPSA) is 66.6 Å². The van der Waals surface area contributed by atoms with Gasteiger partial charge in [0.1, 0.15) is 0 Å². The lowest BCUT2D eigenvalue weighted by molar-refractivity contribution is 0.0647. The molecule has 3 N–H and O–H groups in total. The van der Waals surface area contributed by atoms with Crippen LogP contribution in [-0.2, 0) is 0 Å². The molecule has 0 saturated carbocycles. The van der Waals surface area contributed by atoms with Gasteiger partial charge < -0.3 is 15.7 Å². The molecule has 0 radical (unpaired) electrons. The summed E-state index contributed by atoms with van der Waals surface area (Å²) in [5.74, 6) is 6.07. The quantitative estimate of drug-likeness (QED) is 0.801. The van der Waals surface area contributed by atoms with Gasteiger partial charge in [-0.25, -0.2) is 0 Å². The van der Waals surface area contributed by atoms with E-state index in [-0.39, 0.29) is 18.6 Å². The summed E-state index contributed by atoms with van der Waals surface area (Å²) >= 11 is 0. The van der Waals surface area contributed by atoms with E-state index in [1.165, 1.54) is 0 Å². The molecule has 1 amide bonds. The van der Waals surface area contributed by atoms with E-state index in [4.69, 9.17) is 5.73 Å². The van der Waals surface area contributed by atoms with E-state index in [0.29, 0.717) is 24.6 Å². The molecule has 4 nitrogen and oxygen atoms in total. The van der Waals surface area contributed by atoms with Crippen LogP contribution in [0.4, 0.5) is 0 Å². The summed E-state index contributed by atoms with van der Waals surface area (Å²) in [5, 5.41) is 9.51. The molecule has 1 fully saturated rings. The molecule has 0 spiro atoms. The first kappa shape index (κ1) is 15.6. The average molecular weight is 286 g/mol. The number of carbonyl (C=O) groups excluding carboxylic acids is 1. The maximum Gasteiger partial charge on any atom is 0.254 e. The van der Waals surface area contributed by atoms with Gasteiger partial charge in [-0.2, -0.15) is 0 Å². The smallest absolute Gasteiger partial charge is 0.254 e. The van der Waals surface area contributed by atoms with Crippen molar-refractivity contribution < 1.29 is 9.90 Å². The summed E-state index contributed by atoms with van der Waals surface area (Å²) < 4.78 is 0. The van der Waals surface area contributed by atoms with Gasteiger partial charge in [0.05, 0.1) is 19.2 Å². The Balaban J connectivity index is 2.30. The Bertz CT molecular complexity index is 586. The number of hydrogen-bond acceptors (Lipinski definition) is 3. The first-order valence-electron chi connectivity index (χ1n) is 7.30. The highest BCUT2D eigenvalue weighted by atomic mass is 16.3. The van der Waals surface area contributed by atoms with Crippen molar-refractivity contribution in [3.63, 3.8) is 0 Å². The summed E-state index contributed by atoms with van der Waals surface area (Å²) in [6.45, 7) is 5.00. The lowest BCUT2D eigenvalue weighted by Crippen LogP contribution is -2.40. The molecule has 1 aliphatic rings. The zero-order valence-electron chi connectivity index (χ0n) is 12.6. The van der Waals surface area contributed by atoms with Gasteiger partial charge in [0.15, 0.2) is 0 Å². The number of hydrogen-bond donors (Lipinski definition) is 2. The minimum Gasteiger partial charge on any atom is -0.394 e. The van der Waals surface area contributed by atoms with Crippen LogP contribution in [0.2, 0.25) is 0 Å². The second-order valence-corrected chi connectivity index (χ2v) is 5.55. The lowest BCUT2D eigenvalue weighted by atomic mass is 10.0. The second-order valence-electron chi connectivity index (χ2n) is 5.55. The fraction of sp³-hybridized carbons (Fsp3) is 0.471. The predicted molar refractivity (Wildman–Crippen MR) is 82.8 cm³/mol. The summed E-state index contributed by atoms with van der Waals surface area (Å²) in [6, 6.07) is 5.53. The van der Waals surface area contributed by atoms with E-state index in [9.17, 15) is 9.90 Å². The third-order valence-corrected chi connectivity index (χ3v) is 4.13. The zero-order chi connectivity index (χ0) is 15.4. The standard InChI is InChI=1S/C17H22N2O2/c1-12-5-6-14(4-3-8-18)10-15(12)17(21)19-9-7-13(2)16(19)11-20/h5-6,10,13,16,20H,7-9,11,18H2,1-2H3. The molecule has 0 aliphatic carbocycles. The molecular weight excluding hydrogens is 264 g/mol. The number of aliphatic hydroxyl groups is 1. The zero-order valence-corrected chi connectivity index (χ0v) is 12.6. The summed E-state index contributed by atoms with van der Waals surface area (Å²) in [6.07, 6.45) is 0.933. The van der Waals surface area contributed by atoms with Gasteiger partial charge in [-0.05, 0) is 37.0 Å². The highest BCUT2D eigenvalue weighted by molar-refractivity contribution is 5.96. The maximum atomic E-state index is 12.8. The van der Waals surface area contributed by atoms with Crippen molar-refractivity contribution in [2.75, 3.05) is 19.7 Å². The van der Waals surface area contributed by atoms with E-state index in [1.54, 1.807) is 4.90 Å². The predicted octanol–water partition coefficient (Wildman–Crippen LogP) is 1.15. The normalized spacial score (nSPS) is 21.0. The summed E-state index contributed by atoms with van der Waals surface area (Å²) in [4.78, 5) is 14.5. The fourth-order valence-electron chi connectivity index (χ4n) is 2.78. The van der Waals surface area contributed by atoms with Crippen LogP contribution >= 0.6 is 0 Å². The van der Waals surface area contributed by atoms with Crippen molar-refractivity contribution in [2.24, 2.45) is 11.7 Å². The molecule has 112 valence electrons. The van der Waals surface area contributed by atoms with Crippen LogP contribution in [0.5, 0.6) is 0 Å². The van der Waals surface area contributed by atoms with Gasteiger partial charge in [-0.15, -0.1) is 0 Å². The molecule has 0 bridgehead atoms. The number of aryl methyl sites for hydroxylation is 1. The van der Waals surface area contributed by atoms with Gasteiger partial charge in [-0.3, -0.25) is 4.79 Å². The van der Waals surface area contributed by atoms with Gasteiger partial charge in [0.25, 0.3) is 5.91 Å². The Morgan fingerprint density at radius 3 is 2.95 bits per heavy atom.